The number of carbonyl (C=O) groups is 2. The molecule has 1 aliphatic heterocycles. The van der Waals surface area contributed by atoms with Gasteiger partial charge in [-0.3, -0.25) is 9.78 Å². The number of carbonyl (C=O) groups excluding carboxylic acids is 1. The smallest absolute Gasteiger partial charge is 0.337 e. The monoisotopic (exact) mass is 251 g/mol. The SMILES string of the molecule is O=C(O)c1cncc(NC(=O)C2CNCCO2)c1. The summed E-state index contributed by atoms with van der Waals surface area (Å²) in [5, 5.41) is 14.4. The third-order valence-corrected chi connectivity index (χ3v) is 2.47. The van der Waals surface area contributed by atoms with Gasteiger partial charge in [-0.15, -0.1) is 0 Å². The van der Waals surface area contributed by atoms with E-state index in [4.69, 9.17) is 9.84 Å². The Hall–Kier alpha value is -1.99. The van der Waals surface area contributed by atoms with Crippen molar-refractivity contribution in [2.24, 2.45) is 0 Å². The molecule has 0 radical (unpaired) electrons. The molecule has 1 saturated heterocycles. The lowest BCUT2D eigenvalue weighted by Gasteiger charge is -2.22. The van der Waals surface area contributed by atoms with Gasteiger partial charge in [0.15, 0.2) is 0 Å². The van der Waals surface area contributed by atoms with Gasteiger partial charge >= 0.3 is 5.97 Å². The number of morpholine rings is 1. The summed E-state index contributed by atoms with van der Waals surface area (Å²) in [5.74, 6) is -1.40. The number of anilines is 1. The highest BCUT2D eigenvalue weighted by Crippen LogP contribution is 2.09. The summed E-state index contributed by atoms with van der Waals surface area (Å²) < 4.78 is 5.28. The Balaban J connectivity index is 2.02. The first-order valence-corrected chi connectivity index (χ1v) is 5.48. The van der Waals surface area contributed by atoms with Gasteiger partial charge in [0.25, 0.3) is 5.91 Å². The molecule has 3 N–H and O–H groups in total. The van der Waals surface area contributed by atoms with E-state index in [2.05, 4.69) is 15.6 Å². The van der Waals surface area contributed by atoms with E-state index in [1.54, 1.807) is 0 Å². The fourth-order valence-electron chi connectivity index (χ4n) is 1.58. The van der Waals surface area contributed by atoms with Crippen molar-refractivity contribution in [3.63, 3.8) is 0 Å². The largest absolute Gasteiger partial charge is 0.478 e. The van der Waals surface area contributed by atoms with Gasteiger partial charge in [-0.2, -0.15) is 0 Å². The van der Waals surface area contributed by atoms with Crippen LogP contribution in [0.25, 0.3) is 0 Å². The molecule has 2 heterocycles. The molecule has 0 bridgehead atoms. The Morgan fingerprint density at radius 1 is 1.50 bits per heavy atom. The van der Waals surface area contributed by atoms with Crippen molar-refractivity contribution in [3.8, 4) is 0 Å². The predicted molar refractivity (Wildman–Crippen MR) is 62.4 cm³/mol. The molecule has 1 aromatic heterocycles. The first-order valence-electron chi connectivity index (χ1n) is 5.48. The summed E-state index contributed by atoms with van der Waals surface area (Å²) in [4.78, 5) is 26.3. The van der Waals surface area contributed by atoms with E-state index in [1.165, 1.54) is 18.5 Å². The van der Waals surface area contributed by atoms with Crippen LogP contribution < -0.4 is 10.6 Å². The third kappa shape index (κ3) is 3.02. The van der Waals surface area contributed by atoms with Gasteiger partial charge in [0.2, 0.25) is 0 Å². The van der Waals surface area contributed by atoms with E-state index < -0.39 is 12.1 Å². The van der Waals surface area contributed by atoms with Gasteiger partial charge in [0.05, 0.1) is 24.1 Å². The summed E-state index contributed by atoms with van der Waals surface area (Å²) in [6, 6.07) is 1.35. The van der Waals surface area contributed by atoms with Crippen LogP contribution in [-0.4, -0.2) is 47.8 Å². The van der Waals surface area contributed by atoms with Gasteiger partial charge in [-0.25, -0.2) is 4.79 Å². The van der Waals surface area contributed by atoms with E-state index in [-0.39, 0.29) is 11.5 Å². The van der Waals surface area contributed by atoms with Crippen molar-refractivity contribution in [2.75, 3.05) is 25.0 Å². The fraction of sp³-hybridized carbons (Fsp3) is 0.364. The van der Waals surface area contributed by atoms with Crippen LogP contribution in [-0.2, 0) is 9.53 Å². The Kier molecular flexibility index (Phi) is 3.85. The maximum absolute atomic E-state index is 11.8. The van der Waals surface area contributed by atoms with Crippen LogP contribution in [0.4, 0.5) is 5.69 Å². The lowest BCUT2D eigenvalue weighted by molar-refractivity contribution is -0.128. The number of aromatic carboxylic acids is 1. The number of amides is 1. The molecule has 1 amide bonds. The van der Waals surface area contributed by atoms with Crippen molar-refractivity contribution >= 4 is 17.6 Å². The van der Waals surface area contributed by atoms with Crippen LogP contribution in [0.15, 0.2) is 18.5 Å². The number of carboxylic acids is 1. The summed E-state index contributed by atoms with van der Waals surface area (Å²) in [7, 11) is 0. The lowest BCUT2D eigenvalue weighted by Crippen LogP contribution is -2.45. The van der Waals surface area contributed by atoms with Crippen molar-refractivity contribution < 1.29 is 19.4 Å². The molecule has 0 aliphatic carbocycles. The Labute approximate surface area is 103 Å². The quantitative estimate of drug-likeness (QED) is 0.682. The molecular weight excluding hydrogens is 238 g/mol. The maximum atomic E-state index is 11.8. The number of ether oxygens (including phenoxy) is 1. The normalized spacial score (nSPS) is 19.2. The number of rotatable bonds is 3. The predicted octanol–water partition coefficient (Wildman–Crippen LogP) is -0.293. The molecule has 7 nitrogen and oxygen atoms in total. The molecule has 1 fully saturated rings. The highest BCUT2D eigenvalue weighted by Gasteiger charge is 2.21. The van der Waals surface area contributed by atoms with Crippen LogP contribution in [0.5, 0.6) is 0 Å². The minimum atomic E-state index is -1.09. The molecule has 2 rings (SSSR count). The zero-order valence-corrected chi connectivity index (χ0v) is 9.55. The minimum Gasteiger partial charge on any atom is -0.478 e. The van der Waals surface area contributed by atoms with E-state index >= 15 is 0 Å². The molecule has 18 heavy (non-hydrogen) atoms. The first kappa shape index (κ1) is 12.5. The fourth-order valence-corrected chi connectivity index (χ4v) is 1.58. The molecule has 96 valence electrons. The number of nitrogens with zero attached hydrogens (tertiary/aromatic N) is 1. The highest BCUT2D eigenvalue weighted by molar-refractivity contribution is 5.96. The van der Waals surface area contributed by atoms with Gasteiger partial charge in [-0.05, 0) is 6.07 Å². The van der Waals surface area contributed by atoms with Gasteiger partial charge in [0, 0.05) is 19.3 Å². The lowest BCUT2D eigenvalue weighted by atomic mass is 10.2. The Bertz CT molecular complexity index is 457. The zero-order chi connectivity index (χ0) is 13.0. The Morgan fingerprint density at radius 3 is 3.00 bits per heavy atom. The van der Waals surface area contributed by atoms with Crippen molar-refractivity contribution in [2.45, 2.75) is 6.10 Å². The molecule has 1 aliphatic rings. The summed E-state index contributed by atoms with van der Waals surface area (Å²) in [6.07, 6.45) is 2.05. The van der Waals surface area contributed by atoms with Crippen molar-refractivity contribution in [1.82, 2.24) is 10.3 Å². The number of nitrogens with one attached hydrogen (secondary N) is 2. The second-order valence-corrected chi connectivity index (χ2v) is 3.82. The third-order valence-electron chi connectivity index (χ3n) is 2.47. The number of hydrogen-bond acceptors (Lipinski definition) is 5. The molecule has 0 saturated carbocycles. The molecule has 7 heteroatoms. The van der Waals surface area contributed by atoms with Gasteiger partial charge in [0.1, 0.15) is 6.10 Å². The van der Waals surface area contributed by atoms with E-state index in [0.29, 0.717) is 18.8 Å². The first-order chi connectivity index (χ1) is 8.66. The number of pyridine rings is 1. The second-order valence-electron chi connectivity index (χ2n) is 3.82. The summed E-state index contributed by atoms with van der Waals surface area (Å²) >= 11 is 0. The number of aromatic nitrogens is 1. The molecular formula is C11H13N3O4. The number of hydrogen-bond donors (Lipinski definition) is 3. The Morgan fingerprint density at radius 2 is 2.33 bits per heavy atom. The molecule has 0 spiro atoms. The van der Waals surface area contributed by atoms with Crippen LogP contribution in [0.2, 0.25) is 0 Å². The average Bonchev–Trinajstić information content (AvgIpc) is 2.40. The standard InChI is InChI=1S/C11H13N3O4/c15-10(9-6-12-1-2-18-9)14-8-3-7(11(16)17)4-13-5-8/h3-5,9,12H,1-2,6H2,(H,14,15)(H,16,17). The van der Waals surface area contributed by atoms with E-state index in [0.717, 1.165) is 6.54 Å². The van der Waals surface area contributed by atoms with Gasteiger partial charge < -0.3 is 20.5 Å². The molecule has 1 aromatic rings. The highest BCUT2D eigenvalue weighted by atomic mass is 16.5. The average molecular weight is 251 g/mol. The van der Waals surface area contributed by atoms with Gasteiger partial charge in [-0.1, -0.05) is 0 Å². The minimum absolute atomic E-state index is 0.0236. The summed E-state index contributed by atoms with van der Waals surface area (Å²) in [6.45, 7) is 1.64. The maximum Gasteiger partial charge on any atom is 0.337 e. The second kappa shape index (κ2) is 5.56. The van der Waals surface area contributed by atoms with E-state index in [9.17, 15) is 9.59 Å². The van der Waals surface area contributed by atoms with Crippen LogP contribution >= 0.6 is 0 Å². The van der Waals surface area contributed by atoms with Crippen LogP contribution in [0, 0.1) is 0 Å². The topological polar surface area (TPSA) is 101 Å². The van der Waals surface area contributed by atoms with Crippen molar-refractivity contribution in [1.29, 1.82) is 0 Å². The van der Waals surface area contributed by atoms with Crippen LogP contribution in [0.1, 0.15) is 10.4 Å². The molecule has 1 atom stereocenters. The molecule has 1 unspecified atom stereocenters. The van der Waals surface area contributed by atoms with Crippen molar-refractivity contribution in [3.05, 3.63) is 24.0 Å². The summed E-state index contributed by atoms with van der Waals surface area (Å²) in [5.41, 5.74) is 0.365. The molecule has 0 aromatic carbocycles. The van der Waals surface area contributed by atoms with Crippen LogP contribution in [0.3, 0.4) is 0 Å². The zero-order valence-electron chi connectivity index (χ0n) is 9.55. The van der Waals surface area contributed by atoms with E-state index in [1.807, 2.05) is 0 Å². The number of carboxylic acid groups (broad SMARTS) is 1.